The molecule has 0 aromatic carbocycles. The van der Waals surface area contributed by atoms with Crippen LogP contribution in [0.15, 0.2) is 0 Å². The second kappa shape index (κ2) is 4.89. The van der Waals surface area contributed by atoms with Crippen LogP contribution in [0.25, 0.3) is 0 Å². The van der Waals surface area contributed by atoms with Crippen LogP contribution in [0.4, 0.5) is 0 Å². The summed E-state index contributed by atoms with van der Waals surface area (Å²) in [5, 5.41) is 10.7. The summed E-state index contributed by atoms with van der Waals surface area (Å²) in [5.41, 5.74) is 0.139. The molecular weight excluding hydrogens is 268 g/mol. The van der Waals surface area contributed by atoms with Crippen LogP contribution >= 0.6 is 12.6 Å². The highest BCUT2D eigenvalue weighted by atomic mass is 32.1. The molecule has 0 unspecified atom stereocenters. The van der Waals surface area contributed by atoms with Gasteiger partial charge in [-0.15, -0.1) is 0 Å². The van der Waals surface area contributed by atoms with E-state index < -0.39 is 5.79 Å². The maximum atomic E-state index is 10.1. The minimum Gasteiger partial charge on any atom is -0.366 e. The Morgan fingerprint density at radius 1 is 1.20 bits per heavy atom. The van der Waals surface area contributed by atoms with Gasteiger partial charge >= 0.3 is 0 Å². The monoisotopic (exact) mass is 300 g/mol. The van der Waals surface area contributed by atoms with E-state index in [1.165, 1.54) is 25.7 Å². The van der Waals surface area contributed by atoms with Crippen molar-refractivity contribution in [3.63, 3.8) is 0 Å². The first-order valence-electron chi connectivity index (χ1n) is 8.09. The molecule has 2 aliphatic rings. The molecule has 2 nitrogen and oxygen atoms in total. The minimum absolute atomic E-state index is 0.0543. The van der Waals surface area contributed by atoms with E-state index >= 15 is 0 Å². The molecule has 2 rings (SSSR count). The highest BCUT2D eigenvalue weighted by molar-refractivity contribution is 7.81. The SMILES string of the molecule is CC[C@]12CC[C@](C)(OC(C)(C)O)C(C)(C)[C@@H]1CC[C@H]2S. The molecule has 2 fully saturated rings. The van der Waals surface area contributed by atoms with Crippen molar-refractivity contribution in [1.82, 2.24) is 0 Å². The molecule has 0 heterocycles. The van der Waals surface area contributed by atoms with Crippen LogP contribution in [-0.4, -0.2) is 21.7 Å². The van der Waals surface area contributed by atoms with Gasteiger partial charge < -0.3 is 9.84 Å². The molecule has 4 atom stereocenters. The van der Waals surface area contributed by atoms with Crippen LogP contribution in [0.3, 0.4) is 0 Å². The Morgan fingerprint density at radius 2 is 1.80 bits per heavy atom. The van der Waals surface area contributed by atoms with Gasteiger partial charge in [-0.25, -0.2) is 0 Å². The number of fused-ring (bicyclic) bond motifs is 1. The van der Waals surface area contributed by atoms with E-state index in [-0.39, 0.29) is 11.0 Å². The molecule has 1 N–H and O–H groups in total. The van der Waals surface area contributed by atoms with Crippen LogP contribution in [0.1, 0.15) is 73.6 Å². The van der Waals surface area contributed by atoms with E-state index in [1.54, 1.807) is 13.8 Å². The van der Waals surface area contributed by atoms with E-state index in [0.29, 0.717) is 16.6 Å². The Labute approximate surface area is 130 Å². The number of hydrogen-bond acceptors (Lipinski definition) is 3. The fourth-order valence-electron chi connectivity index (χ4n) is 5.11. The van der Waals surface area contributed by atoms with E-state index in [2.05, 4.69) is 27.7 Å². The number of thiol groups is 1. The number of aliphatic hydroxyl groups is 1. The number of ether oxygens (including phenoxy) is 1. The van der Waals surface area contributed by atoms with Crippen molar-refractivity contribution < 1.29 is 9.84 Å². The fraction of sp³-hybridized carbons (Fsp3) is 1.00. The Balaban J connectivity index is 2.36. The molecule has 3 heteroatoms. The molecule has 0 spiro atoms. The Kier molecular flexibility index (Phi) is 4.07. The number of hydrogen-bond donors (Lipinski definition) is 2. The van der Waals surface area contributed by atoms with Gasteiger partial charge in [-0.1, -0.05) is 20.8 Å². The summed E-state index contributed by atoms with van der Waals surface area (Å²) in [6, 6.07) is 0. The first-order valence-corrected chi connectivity index (χ1v) is 8.61. The van der Waals surface area contributed by atoms with Gasteiger partial charge in [0.25, 0.3) is 0 Å². The van der Waals surface area contributed by atoms with Crippen molar-refractivity contribution in [3.8, 4) is 0 Å². The molecule has 20 heavy (non-hydrogen) atoms. The zero-order valence-electron chi connectivity index (χ0n) is 14.0. The predicted molar refractivity (Wildman–Crippen MR) is 87.0 cm³/mol. The van der Waals surface area contributed by atoms with E-state index in [4.69, 9.17) is 17.4 Å². The lowest BCUT2D eigenvalue weighted by atomic mass is 9.50. The maximum absolute atomic E-state index is 10.1. The Hall–Kier alpha value is 0.270. The van der Waals surface area contributed by atoms with Gasteiger partial charge in [-0.2, -0.15) is 12.6 Å². The largest absolute Gasteiger partial charge is 0.366 e. The van der Waals surface area contributed by atoms with Crippen LogP contribution in [0.5, 0.6) is 0 Å². The highest BCUT2D eigenvalue weighted by Gasteiger charge is 2.63. The summed E-state index contributed by atoms with van der Waals surface area (Å²) >= 11 is 4.91. The normalized spacial score (nSPS) is 44.4. The first-order chi connectivity index (χ1) is 8.98. The summed E-state index contributed by atoms with van der Waals surface area (Å²) in [6.07, 6.45) is 5.82. The smallest absolute Gasteiger partial charge is 0.160 e. The molecule has 0 aromatic rings. The van der Waals surface area contributed by atoms with Gasteiger partial charge in [0.2, 0.25) is 0 Å². The van der Waals surface area contributed by atoms with Crippen LogP contribution in [0, 0.1) is 16.7 Å². The Bertz CT molecular complexity index is 374. The summed E-state index contributed by atoms with van der Waals surface area (Å²) in [4.78, 5) is 0. The molecule has 0 amide bonds. The quantitative estimate of drug-likeness (QED) is 0.597. The summed E-state index contributed by atoms with van der Waals surface area (Å²) in [7, 11) is 0. The summed E-state index contributed by atoms with van der Waals surface area (Å²) in [5.74, 6) is -0.444. The van der Waals surface area contributed by atoms with Gasteiger partial charge in [0, 0.05) is 5.25 Å². The standard InChI is InChI=1S/C17H32O2S/c1-7-17-11-10-16(6,19-15(4,5)18)14(2,3)12(17)8-9-13(17)20/h12-13,18,20H,7-11H2,1-6H3/t12-,13+,16-,17-/m0/s1. The van der Waals surface area contributed by atoms with Gasteiger partial charge in [-0.05, 0) is 69.6 Å². The topological polar surface area (TPSA) is 29.5 Å². The molecule has 0 aliphatic heterocycles. The van der Waals surface area contributed by atoms with Gasteiger partial charge in [-0.3, -0.25) is 0 Å². The molecule has 0 aromatic heterocycles. The van der Waals surface area contributed by atoms with Crippen molar-refractivity contribution >= 4 is 12.6 Å². The zero-order chi connectivity index (χ0) is 15.4. The molecule has 0 saturated heterocycles. The van der Waals surface area contributed by atoms with E-state index in [0.717, 1.165) is 6.42 Å². The second-order valence-corrected chi connectivity index (χ2v) is 8.86. The lowest BCUT2D eigenvalue weighted by molar-refractivity contribution is -0.296. The van der Waals surface area contributed by atoms with Crippen molar-refractivity contribution in [2.24, 2.45) is 16.7 Å². The molecule has 0 bridgehead atoms. The lowest BCUT2D eigenvalue weighted by Gasteiger charge is -2.60. The third kappa shape index (κ3) is 2.34. The maximum Gasteiger partial charge on any atom is 0.160 e. The van der Waals surface area contributed by atoms with Gasteiger partial charge in [0.05, 0.1) is 5.60 Å². The van der Waals surface area contributed by atoms with Crippen molar-refractivity contribution in [1.29, 1.82) is 0 Å². The average Bonchev–Trinajstić information content (AvgIpc) is 2.62. The third-order valence-corrected chi connectivity index (χ3v) is 7.29. The third-order valence-electron chi connectivity index (χ3n) is 6.52. The lowest BCUT2D eigenvalue weighted by Crippen LogP contribution is -2.60. The molecule has 2 saturated carbocycles. The zero-order valence-corrected chi connectivity index (χ0v) is 14.9. The summed E-state index contributed by atoms with van der Waals surface area (Å²) in [6.45, 7) is 12.7. The molecule has 2 aliphatic carbocycles. The minimum atomic E-state index is -1.07. The van der Waals surface area contributed by atoms with Crippen molar-refractivity contribution in [3.05, 3.63) is 0 Å². The molecule has 0 radical (unpaired) electrons. The van der Waals surface area contributed by atoms with Crippen LogP contribution < -0.4 is 0 Å². The van der Waals surface area contributed by atoms with Crippen molar-refractivity contribution in [2.45, 2.75) is 90.3 Å². The summed E-state index contributed by atoms with van der Waals surface area (Å²) < 4.78 is 6.14. The van der Waals surface area contributed by atoms with Gasteiger partial charge in [0.15, 0.2) is 5.79 Å². The fourth-order valence-corrected chi connectivity index (χ4v) is 5.75. The number of rotatable bonds is 3. The molecular formula is C17H32O2S. The van der Waals surface area contributed by atoms with E-state index in [1.807, 2.05) is 0 Å². The average molecular weight is 301 g/mol. The van der Waals surface area contributed by atoms with Crippen LogP contribution in [-0.2, 0) is 4.74 Å². The molecule has 118 valence electrons. The van der Waals surface area contributed by atoms with Gasteiger partial charge in [0.1, 0.15) is 0 Å². The van der Waals surface area contributed by atoms with E-state index in [9.17, 15) is 5.11 Å². The predicted octanol–water partition coefficient (Wildman–Crippen LogP) is 4.41. The first kappa shape index (κ1) is 16.6. The van der Waals surface area contributed by atoms with Crippen LogP contribution in [0.2, 0.25) is 0 Å². The van der Waals surface area contributed by atoms with Crippen molar-refractivity contribution in [2.75, 3.05) is 0 Å². The Morgan fingerprint density at radius 3 is 2.30 bits per heavy atom. The highest BCUT2D eigenvalue weighted by Crippen LogP contribution is 2.66. The second-order valence-electron chi connectivity index (χ2n) is 8.23.